The average molecular weight is 327 g/mol. The third-order valence-electron chi connectivity index (χ3n) is 2.65. The van der Waals surface area contributed by atoms with E-state index in [1.807, 2.05) is 0 Å². The van der Waals surface area contributed by atoms with E-state index in [2.05, 4.69) is 5.32 Å². The number of non-ortho nitro benzene ring substituents is 1. The number of aromatic carboxylic acids is 1. The highest BCUT2D eigenvalue weighted by Crippen LogP contribution is 2.32. The summed E-state index contributed by atoms with van der Waals surface area (Å²) in [6, 6.07) is 8.13. The molecule has 0 heterocycles. The lowest BCUT2D eigenvalue weighted by Gasteiger charge is -2.10. The van der Waals surface area contributed by atoms with Crippen LogP contribution < -0.4 is 5.32 Å². The Labute approximate surface area is 129 Å². The van der Waals surface area contributed by atoms with Crippen molar-refractivity contribution in [3.63, 3.8) is 0 Å². The predicted molar refractivity (Wildman–Crippen MR) is 79.8 cm³/mol. The lowest BCUT2D eigenvalue weighted by atomic mass is 10.2. The summed E-state index contributed by atoms with van der Waals surface area (Å²) in [6.45, 7) is 0. The van der Waals surface area contributed by atoms with Crippen LogP contribution in [0.1, 0.15) is 10.4 Å². The number of nitrogens with zero attached hydrogens (tertiary/aromatic N) is 1. The molecule has 0 atom stereocenters. The van der Waals surface area contributed by atoms with Gasteiger partial charge in [-0.3, -0.25) is 10.1 Å². The van der Waals surface area contributed by atoms with Crippen LogP contribution >= 0.6 is 23.2 Å². The van der Waals surface area contributed by atoms with Crippen molar-refractivity contribution in [2.75, 3.05) is 5.32 Å². The van der Waals surface area contributed by atoms with Crippen molar-refractivity contribution in [2.45, 2.75) is 0 Å². The summed E-state index contributed by atoms with van der Waals surface area (Å²) in [6.07, 6.45) is 0. The predicted octanol–water partition coefficient (Wildman–Crippen LogP) is 4.34. The second kappa shape index (κ2) is 5.99. The minimum absolute atomic E-state index is 0.0559. The lowest BCUT2D eigenvalue weighted by molar-refractivity contribution is -0.384. The molecule has 108 valence electrons. The van der Waals surface area contributed by atoms with Crippen molar-refractivity contribution < 1.29 is 14.8 Å². The summed E-state index contributed by atoms with van der Waals surface area (Å²) in [5.74, 6) is -1.09. The highest BCUT2D eigenvalue weighted by atomic mass is 35.5. The zero-order chi connectivity index (χ0) is 15.6. The smallest absolute Gasteiger partial charge is 0.335 e. The topological polar surface area (TPSA) is 92.5 Å². The zero-order valence-electron chi connectivity index (χ0n) is 10.3. The SMILES string of the molecule is O=C(O)c1ccc(Nc2ccc([N+](=O)[O-])cc2Cl)c(Cl)c1. The molecule has 6 nitrogen and oxygen atoms in total. The molecule has 0 spiro atoms. The van der Waals surface area contributed by atoms with E-state index in [4.69, 9.17) is 28.3 Å². The fraction of sp³-hybridized carbons (Fsp3) is 0. The van der Waals surface area contributed by atoms with Crippen molar-refractivity contribution in [1.29, 1.82) is 0 Å². The van der Waals surface area contributed by atoms with Crippen LogP contribution in [0.25, 0.3) is 0 Å². The maximum absolute atomic E-state index is 10.8. The van der Waals surface area contributed by atoms with Gasteiger partial charge < -0.3 is 10.4 Å². The van der Waals surface area contributed by atoms with E-state index in [-0.39, 0.29) is 21.3 Å². The number of carboxylic acids is 1. The van der Waals surface area contributed by atoms with Crippen LogP contribution in [0.4, 0.5) is 17.1 Å². The fourth-order valence-electron chi connectivity index (χ4n) is 1.61. The van der Waals surface area contributed by atoms with Crippen LogP contribution in [0.15, 0.2) is 36.4 Å². The van der Waals surface area contributed by atoms with Gasteiger partial charge in [-0.05, 0) is 24.3 Å². The van der Waals surface area contributed by atoms with Crippen LogP contribution in [0.3, 0.4) is 0 Å². The molecule has 0 saturated carbocycles. The molecule has 0 radical (unpaired) electrons. The molecule has 0 fully saturated rings. The molecule has 2 rings (SSSR count). The first-order chi connectivity index (χ1) is 9.88. The van der Waals surface area contributed by atoms with Gasteiger partial charge in [-0.2, -0.15) is 0 Å². The second-order valence-corrected chi connectivity index (χ2v) is 4.86. The molecule has 0 aliphatic rings. The third kappa shape index (κ3) is 3.42. The zero-order valence-corrected chi connectivity index (χ0v) is 11.9. The maximum atomic E-state index is 10.8. The summed E-state index contributed by atoms with van der Waals surface area (Å²) in [5, 5.41) is 22.7. The van der Waals surface area contributed by atoms with E-state index in [1.165, 1.54) is 36.4 Å². The van der Waals surface area contributed by atoms with Gasteiger partial charge in [0.1, 0.15) is 0 Å². The normalized spacial score (nSPS) is 10.2. The van der Waals surface area contributed by atoms with E-state index in [0.29, 0.717) is 11.4 Å². The number of hydrogen-bond acceptors (Lipinski definition) is 4. The molecule has 0 saturated heterocycles. The van der Waals surface area contributed by atoms with Crippen molar-refractivity contribution >= 4 is 46.2 Å². The van der Waals surface area contributed by atoms with Gasteiger partial charge in [0.25, 0.3) is 5.69 Å². The van der Waals surface area contributed by atoms with Gasteiger partial charge in [0.05, 0.1) is 31.9 Å². The van der Waals surface area contributed by atoms with Gasteiger partial charge in [0, 0.05) is 12.1 Å². The molecule has 2 aromatic rings. The number of anilines is 2. The first kappa shape index (κ1) is 15.1. The summed E-state index contributed by atoms with van der Waals surface area (Å²) in [5.41, 5.74) is 0.794. The van der Waals surface area contributed by atoms with Crippen molar-refractivity contribution in [3.05, 3.63) is 62.1 Å². The molecule has 2 N–H and O–H groups in total. The average Bonchev–Trinajstić information content (AvgIpc) is 2.42. The third-order valence-corrected chi connectivity index (χ3v) is 3.27. The number of nitro benzene ring substituents is 1. The lowest BCUT2D eigenvalue weighted by Crippen LogP contribution is -1.98. The van der Waals surface area contributed by atoms with Crippen molar-refractivity contribution in [3.8, 4) is 0 Å². The molecule has 0 aliphatic carbocycles. The Morgan fingerprint density at radius 1 is 1.10 bits per heavy atom. The number of benzene rings is 2. The Morgan fingerprint density at radius 3 is 2.14 bits per heavy atom. The number of carboxylic acid groups (broad SMARTS) is 1. The van der Waals surface area contributed by atoms with Crippen LogP contribution in [0.5, 0.6) is 0 Å². The molecule has 0 aromatic heterocycles. The number of nitro groups is 1. The Morgan fingerprint density at radius 2 is 1.67 bits per heavy atom. The maximum Gasteiger partial charge on any atom is 0.335 e. The number of halogens is 2. The number of rotatable bonds is 4. The van der Waals surface area contributed by atoms with Crippen LogP contribution in [-0.2, 0) is 0 Å². The number of nitrogens with one attached hydrogen (secondary N) is 1. The van der Waals surface area contributed by atoms with Crippen LogP contribution in [-0.4, -0.2) is 16.0 Å². The highest BCUT2D eigenvalue weighted by Gasteiger charge is 2.12. The largest absolute Gasteiger partial charge is 0.478 e. The quantitative estimate of drug-likeness (QED) is 0.643. The monoisotopic (exact) mass is 326 g/mol. The van der Waals surface area contributed by atoms with Gasteiger partial charge >= 0.3 is 5.97 Å². The summed E-state index contributed by atoms with van der Waals surface area (Å²) in [7, 11) is 0. The minimum atomic E-state index is -1.09. The molecule has 8 heteroatoms. The fourth-order valence-corrected chi connectivity index (χ4v) is 2.06. The highest BCUT2D eigenvalue weighted by molar-refractivity contribution is 6.35. The number of hydrogen-bond donors (Lipinski definition) is 2. The molecule has 0 aliphatic heterocycles. The molecule has 0 amide bonds. The second-order valence-electron chi connectivity index (χ2n) is 4.05. The molecule has 0 bridgehead atoms. The minimum Gasteiger partial charge on any atom is -0.478 e. The van der Waals surface area contributed by atoms with Gasteiger partial charge in [-0.25, -0.2) is 4.79 Å². The number of carbonyl (C=O) groups is 1. The Balaban J connectivity index is 2.30. The van der Waals surface area contributed by atoms with Gasteiger partial charge in [-0.15, -0.1) is 0 Å². The Bertz CT molecular complexity index is 673. The summed E-state index contributed by atoms with van der Waals surface area (Å²) < 4.78 is 0. The molecular formula is C13H8Cl2N2O4. The van der Waals surface area contributed by atoms with Crippen molar-refractivity contribution in [1.82, 2.24) is 0 Å². The van der Waals surface area contributed by atoms with Crippen LogP contribution in [0, 0.1) is 10.1 Å². The first-order valence-electron chi connectivity index (χ1n) is 5.62. The van der Waals surface area contributed by atoms with Crippen molar-refractivity contribution in [2.24, 2.45) is 0 Å². The van der Waals surface area contributed by atoms with Gasteiger partial charge in [-0.1, -0.05) is 23.2 Å². The first-order valence-corrected chi connectivity index (χ1v) is 6.38. The summed E-state index contributed by atoms with van der Waals surface area (Å²) in [4.78, 5) is 20.9. The summed E-state index contributed by atoms with van der Waals surface area (Å²) >= 11 is 11.9. The van der Waals surface area contributed by atoms with E-state index < -0.39 is 10.9 Å². The van der Waals surface area contributed by atoms with Crippen LogP contribution in [0.2, 0.25) is 10.0 Å². The Kier molecular flexibility index (Phi) is 4.30. The van der Waals surface area contributed by atoms with Gasteiger partial charge in [0.2, 0.25) is 0 Å². The molecule has 21 heavy (non-hydrogen) atoms. The van der Waals surface area contributed by atoms with E-state index in [1.54, 1.807) is 0 Å². The Hall–Kier alpha value is -2.31. The molecule has 2 aromatic carbocycles. The standard InChI is InChI=1S/C13H8Cl2N2O4/c14-9-5-7(13(18)19)1-3-11(9)16-12-4-2-8(17(20)21)6-10(12)15/h1-6,16H,(H,18,19). The molecular weight excluding hydrogens is 319 g/mol. The van der Waals surface area contributed by atoms with E-state index in [9.17, 15) is 14.9 Å². The van der Waals surface area contributed by atoms with E-state index in [0.717, 1.165) is 0 Å². The van der Waals surface area contributed by atoms with E-state index >= 15 is 0 Å². The molecule has 0 unspecified atom stereocenters. The van der Waals surface area contributed by atoms with Gasteiger partial charge in [0.15, 0.2) is 0 Å².